The van der Waals surface area contributed by atoms with Gasteiger partial charge in [-0.3, -0.25) is 14.5 Å². The molecule has 1 aliphatic heterocycles. The second kappa shape index (κ2) is 9.67. The van der Waals surface area contributed by atoms with Crippen LogP contribution in [0.2, 0.25) is 5.02 Å². The van der Waals surface area contributed by atoms with Gasteiger partial charge in [0.1, 0.15) is 0 Å². The van der Waals surface area contributed by atoms with E-state index in [1.165, 1.54) is 0 Å². The molecule has 1 heterocycles. The van der Waals surface area contributed by atoms with E-state index in [1.807, 2.05) is 84.9 Å². The lowest BCUT2D eigenvalue weighted by Crippen LogP contribution is -2.53. The van der Waals surface area contributed by atoms with E-state index in [0.717, 1.165) is 11.3 Å². The van der Waals surface area contributed by atoms with Crippen molar-refractivity contribution in [3.63, 3.8) is 0 Å². The van der Waals surface area contributed by atoms with Crippen LogP contribution in [-0.4, -0.2) is 42.9 Å². The molecule has 6 heteroatoms. The van der Waals surface area contributed by atoms with Gasteiger partial charge in [-0.1, -0.05) is 66.2 Å². The van der Waals surface area contributed by atoms with Crippen LogP contribution in [0.1, 0.15) is 5.56 Å². The summed E-state index contributed by atoms with van der Waals surface area (Å²) in [6, 6.07) is 26.7. The monoisotopic (exact) mass is 433 g/mol. The number of hydrogen-bond donors (Lipinski definition) is 0. The second-order valence-electron chi connectivity index (χ2n) is 7.47. The number of anilines is 2. The maximum absolute atomic E-state index is 13.2. The van der Waals surface area contributed by atoms with Crippen LogP contribution in [0.4, 0.5) is 11.4 Å². The highest BCUT2D eigenvalue weighted by molar-refractivity contribution is 6.40. The Morgan fingerprint density at radius 2 is 1.45 bits per heavy atom. The van der Waals surface area contributed by atoms with Crippen LogP contribution >= 0.6 is 11.6 Å². The number of carbonyl (C=O) groups excluding carboxylic acids is 2. The van der Waals surface area contributed by atoms with Crippen molar-refractivity contribution in [3.8, 4) is 0 Å². The number of carbonyl (C=O) groups is 2. The summed E-state index contributed by atoms with van der Waals surface area (Å²) in [6.07, 6.45) is 0. The SMILES string of the molecule is O=C(C(=O)N(Cc1ccccc1)c1ccccc1)N1CCN(c2cccc(Cl)c2)CC1. The van der Waals surface area contributed by atoms with Crippen LogP contribution in [0.3, 0.4) is 0 Å². The minimum Gasteiger partial charge on any atom is -0.368 e. The lowest BCUT2D eigenvalue weighted by Gasteiger charge is -2.36. The number of nitrogens with zero attached hydrogens (tertiary/aromatic N) is 3. The molecule has 1 fully saturated rings. The molecule has 0 radical (unpaired) electrons. The summed E-state index contributed by atoms with van der Waals surface area (Å²) in [5.41, 5.74) is 2.71. The Balaban J connectivity index is 1.46. The van der Waals surface area contributed by atoms with Crippen molar-refractivity contribution in [3.05, 3.63) is 95.5 Å². The number of rotatable bonds is 4. The van der Waals surface area contributed by atoms with Gasteiger partial charge >= 0.3 is 11.8 Å². The summed E-state index contributed by atoms with van der Waals surface area (Å²) in [7, 11) is 0. The quantitative estimate of drug-likeness (QED) is 0.578. The van der Waals surface area contributed by atoms with Crippen LogP contribution in [-0.2, 0) is 16.1 Å². The molecule has 0 unspecified atom stereocenters. The van der Waals surface area contributed by atoms with Crippen LogP contribution in [0, 0.1) is 0 Å². The van der Waals surface area contributed by atoms with Crippen molar-refractivity contribution in [2.24, 2.45) is 0 Å². The first-order chi connectivity index (χ1) is 15.1. The van der Waals surface area contributed by atoms with E-state index >= 15 is 0 Å². The first-order valence-electron chi connectivity index (χ1n) is 10.3. The first kappa shape index (κ1) is 20.9. The van der Waals surface area contributed by atoms with Crippen LogP contribution < -0.4 is 9.80 Å². The Morgan fingerprint density at radius 3 is 2.10 bits per heavy atom. The first-order valence-corrected chi connectivity index (χ1v) is 10.7. The number of amides is 2. The lowest BCUT2D eigenvalue weighted by molar-refractivity contribution is -0.144. The molecule has 0 saturated carbocycles. The molecule has 0 aromatic heterocycles. The fraction of sp³-hybridized carbons (Fsp3) is 0.200. The largest absolute Gasteiger partial charge is 0.368 e. The Bertz CT molecular complexity index is 1030. The summed E-state index contributed by atoms with van der Waals surface area (Å²) in [6.45, 7) is 2.64. The molecule has 0 atom stereocenters. The summed E-state index contributed by atoms with van der Waals surface area (Å²) in [4.78, 5) is 31.7. The normalized spacial score (nSPS) is 13.7. The van der Waals surface area contributed by atoms with E-state index in [1.54, 1.807) is 9.80 Å². The Kier molecular flexibility index (Phi) is 6.53. The molecular weight excluding hydrogens is 410 g/mol. The molecule has 5 nitrogen and oxygen atoms in total. The smallest absolute Gasteiger partial charge is 0.316 e. The molecule has 31 heavy (non-hydrogen) atoms. The topological polar surface area (TPSA) is 43.9 Å². The molecule has 158 valence electrons. The fourth-order valence-corrected chi connectivity index (χ4v) is 3.93. The van der Waals surface area contributed by atoms with Crippen molar-refractivity contribution in [1.82, 2.24) is 4.90 Å². The predicted molar refractivity (Wildman–Crippen MR) is 124 cm³/mol. The van der Waals surface area contributed by atoms with Gasteiger partial charge < -0.3 is 9.80 Å². The number of benzene rings is 3. The third-order valence-electron chi connectivity index (χ3n) is 5.42. The van der Waals surface area contributed by atoms with Crippen LogP contribution in [0.15, 0.2) is 84.9 Å². The molecule has 3 aromatic carbocycles. The van der Waals surface area contributed by atoms with E-state index in [-0.39, 0.29) is 0 Å². The summed E-state index contributed by atoms with van der Waals surface area (Å²) in [5, 5.41) is 0.686. The third kappa shape index (κ3) is 5.06. The van der Waals surface area contributed by atoms with E-state index in [9.17, 15) is 9.59 Å². The van der Waals surface area contributed by atoms with Crippen molar-refractivity contribution < 1.29 is 9.59 Å². The average molecular weight is 434 g/mol. The van der Waals surface area contributed by atoms with Gasteiger partial charge in [0, 0.05) is 42.6 Å². The highest BCUT2D eigenvalue weighted by Crippen LogP contribution is 2.22. The molecule has 4 rings (SSSR count). The minimum atomic E-state index is -0.508. The minimum absolute atomic E-state index is 0.345. The van der Waals surface area contributed by atoms with Gasteiger partial charge in [0.2, 0.25) is 0 Å². The van der Waals surface area contributed by atoms with Gasteiger partial charge in [0.05, 0.1) is 6.54 Å². The van der Waals surface area contributed by atoms with Gasteiger partial charge in [0.15, 0.2) is 0 Å². The lowest BCUT2D eigenvalue weighted by atomic mass is 10.2. The van der Waals surface area contributed by atoms with Crippen molar-refractivity contribution in [2.45, 2.75) is 6.54 Å². The van der Waals surface area contributed by atoms with E-state index in [0.29, 0.717) is 43.4 Å². The van der Waals surface area contributed by atoms with E-state index < -0.39 is 11.8 Å². The van der Waals surface area contributed by atoms with Crippen LogP contribution in [0.25, 0.3) is 0 Å². The predicted octanol–water partition coefficient (Wildman–Crippen LogP) is 4.22. The zero-order chi connectivity index (χ0) is 21.6. The third-order valence-corrected chi connectivity index (χ3v) is 5.65. The van der Waals surface area contributed by atoms with Crippen molar-refractivity contribution in [2.75, 3.05) is 36.0 Å². The maximum Gasteiger partial charge on any atom is 0.316 e. The Hall–Kier alpha value is -3.31. The van der Waals surface area contributed by atoms with Gasteiger partial charge in [-0.2, -0.15) is 0 Å². The maximum atomic E-state index is 13.2. The number of piperazine rings is 1. The second-order valence-corrected chi connectivity index (χ2v) is 7.91. The molecular formula is C25H24ClN3O2. The fourth-order valence-electron chi connectivity index (χ4n) is 3.75. The average Bonchev–Trinajstić information content (AvgIpc) is 2.83. The number of hydrogen-bond acceptors (Lipinski definition) is 3. The molecule has 1 aliphatic rings. The molecule has 3 aromatic rings. The van der Waals surface area contributed by atoms with Crippen LogP contribution in [0.5, 0.6) is 0 Å². The highest BCUT2D eigenvalue weighted by atomic mass is 35.5. The summed E-state index contributed by atoms with van der Waals surface area (Å²) >= 11 is 6.10. The Morgan fingerprint density at radius 1 is 0.806 bits per heavy atom. The molecule has 0 bridgehead atoms. The molecule has 2 amide bonds. The zero-order valence-electron chi connectivity index (χ0n) is 17.2. The summed E-state index contributed by atoms with van der Waals surface area (Å²) < 4.78 is 0. The van der Waals surface area contributed by atoms with Gasteiger partial charge in [-0.25, -0.2) is 0 Å². The van der Waals surface area contributed by atoms with Gasteiger partial charge in [-0.15, -0.1) is 0 Å². The standard InChI is InChI=1S/C25H24ClN3O2/c26-21-10-7-13-23(18-21)27-14-16-28(17-15-27)24(30)25(31)29(22-11-5-2-6-12-22)19-20-8-3-1-4-9-20/h1-13,18H,14-17,19H2. The molecule has 0 aliphatic carbocycles. The molecule has 1 saturated heterocycles. The van der Waals surface area contributed by atoms with Gasteiger partial charge in [-0.05, 0) is 35.9 Å². The van der Waals surface area contributed by atoms with E-state index in [2.05, 4.69) is 4.90 Å². The molecule has 0 N–H and O–H groups in total. The Labute approximate surface area is 187 Å². The number of halogens is 1. The molecule has 0 spiro atoms. The van der Waals surface area contributed by atoms with E-state index in [4.69, 9.17) is 11.6 Å². The van der Waals surface area contributed by atoms with Crippen molar-refractivity contribution in [1.29, 1.82) is 0 Å². The highest BCUT2D eigenvalue weighted by Gasteiger charge is 2.30. The van der Waals surface area contributed by atoms with Crippen molar-refractivity contribution >= 4 is 34.8 Å². The number of para-hydroxylation sites is 1. The zero-order valence-corrected chi connectivity index (χ0v) is 17.9. The summed E-state index contributed by atoms with van der Waals surface area (Å²) in [5.74, 6) is -0.975. The van der Waals surface area contributed by atoms with Gasteiger partial charge in [0.25, 0.3) is 0 Å².